The summed E-state index contributed by atoms with van der Waals surface area (Å²) in [5.41, 5.74) is -0.995. The van der Waals surface area contributed by atoms with Crippen molar-refractivity contribution in [1.82, 2.24) is 10.2 Å². The van der Waals surface area contributed by atoms with Gasteiger partial charge in [-0.1, -0.05) is 29.8 Å². The molecule has 2 aromatic rings. The lowest BCUT2D eigenvalue weighted by atomic mass is 10.1. The average Bonchev–Trinajstić information content (AvgIpc) is 2.73. The average molecular weight is 342 g/mol. The number of hydrogen-bond donors (Lipinski definition) is 3. The van der Waals surface area contributed by atoms with Gasteiger partial charge in [-0.15, -0.1) is 11.3 Å². The number of anilines is 1. The predicted octanol–water partition coefficient (Wildman–Crippen LogP) is 2.99. The van der Waals surface area contributed by atoms with Crippen molar-refractivity contribution in [3.05, 3.63) is 29.3 Å². The van der Waals surface area contributed by atoms with Gasteiger partial charge in [0.15, 0.2) is 0 Å². The molecule has 0 saturated carbocycles. The Morgan fingerprint density at radius 2 is 2.09 bits per heavy atom. The number of carbonyl (C=O) groups excluding carboxylic acids is 1. The number of fused-ring (bicyclic) bond motifs is 1. The smallest absolute Gasteiger partial charge is 0.319 e. The van der Waals surface area contributed by atoms with E-state index >= 15 is 0 Å². The van der Waals surface area contributed by atoms with Gasteiger partial charge in [-0.05, 0) is 27.1 Å². The zero-order valence-corrected chi connectivity index (χ0v) is 14.4. The van der Waals surface area contributed by atoms with Crippen molar-refractivity contribution < 1.29 is 9.90 Å². The summed E-state index contributed by atoms with van der Waals surface area (Å²) in [6, 6.07) is 7.32. The molecule has 0 radical (unpaired) electrons. The molecular formula is C15H20ClN3O2S. The van der Waals surface area contributed by atoms with Gasteiger partial charge in [0.25, 0.3) is 0 Å². The maximum absolute atomic E-state index is 12.0. The van der Waals surface area contributed by atoms with Gasteiger partial charge in [0.05, 0.1) is 10.6 Å². The van der Waals surface area contributed by atoms with Crippen LogP contribution in [0.4, 0.5) is 9.80 Å². The molecule has 0 saturated heterocycles. The third kappa shape index (κ3) is 4.33. The second-order valence-corrected chi connectivity index (χ2v) is 7.21. The van der Waals surface area contributed by atoms with Crippen LogP contribution in [0.25, 0.3) is 10.1 Å². The van der Waals surface area contributed by atoms with Crippen LogP contribution in [0.1, 0.15) is 6.92 Å². The van der Waals surface area contributed by atoms with Crippen LogP contribution in [0.5, 0.6) is 0 Å². The topological polar surface area (TPSA) is 64.6 Å². The number of rotatable bonds is 5. The molecule has 0 bridgehead atoms. The van der Waals surface area contributed by atoms with Gasteiger partial charge in [0.1, 0.15) is 5.00 Å². The zero-order chi connectivity index (χ0) is 16.3. The van der Waals surface area contributed by atoms with E-state index in [1.807, 2.05) is 43.3 Å². The Hall–Kier alpha value is -1.34. The van der Waals surface area contributed by atoms with E-state index in [-0.39, 0.29) is 12.6 Å². The first-order valence-corrected chi connectivity index (χ1v) is 8.07. The zero-order valence-electron chi connectivity index (χ0n) is 12.8. The van der Waals surface area contributed by atoms with Gasteiger partial charge in [-0.3, -0.25) is 5.32 Å². The van der Waals surface area contributed by atoms with Gasteiger partial charge in [-0.25, -0.2) is 4.79 Å². The molecule has 1 aromatic carbocycles. The standard InChI is InChI=1S/C15H20ClN3O2S/c1-15(21,9-19(2)3)8-17-14(20)18-13-12(16)10-6-4-5-7-11(10)22-13/h4-7,21H,8-9H2,1-3H3,(H2,17,18,20). The van der Waals surface area contributed by atoms with E-state index in [9.17, 15) is 9.90 Å². The summed E-state index contributed by atoms with van der Waals surface area (Å²) in [4.78, 5) is 13.8. The molecule has 7 heteroatoms. The number of aliphatic hydroxyl groups is 1. The molecule has 0 fully saturated rings. The minimum Gasteiger partial charge on any atom is -0.387 e. The number of urea groups is 1. The van der Waals surface area contributed by atoms with Crippen LogP contribution in [-0.4, -0.2) is 48.8 Å². The summed E-state index contributed by atoms with van der Waals surface area (Å²) in [5, 5.41) is 17.6. The molecule has 3 N–H and O–H groups in total. The molecule has 1 atom stereocenters. The van der Waals surface area contributed by atoms with E-state index < -0.39 is 5.60 Å². The highest BCUT2D eigenvalue weighted by Crippen LogP contribution is 2.39. The minimum absolute atomic E-state index is 0.152. The van der Waals surface area contributed by atoms with Crippen molar-refractivity contribution in [3.8, 4) is 0 Å². The lowest BCUT2D eigenvalue weighted by molar-refractivity contribution is 0.0364. The number of halogens is 1. The molecule has 1 unspecified atom stereocenters. The molecule has 22 heavy (non-hydrogen) atoms. The summed E-state index contributed by atoms with van der Waals surface area (Å²) in [5.74, 6) is 0. The summed E-state index contributed by atoms with van der Waals surface area (Å²) >= 11 is 7.69. The fourth-order valence-corrected chi connectivity index (χ4v) is 3.62. The molecular weight excluding hydrogens is 322 g/mol. The lowest BCUT2D eigenvalue weighted by Gasteiger charge is -2.27. The van der Waals surface area contributed by atoms with Crippen LogP contribution in [0.2, 0.25) is 5.02 Å². The summed E-state index contributed by atoms with van der Waals surface area (Å²) in [6.45, 7) is 2.29. The number of hydrogen-bond acceptors (Lipinski definition) is 4. The molecule has 0 aliphatic rings. The van der Waals surface area contributed by atoms with E-state index in [4.69, 9.17) is 11.6 Å². The molecule has 0 aliphatic heterocycles. The number of benzene rings is 1. The van der Waals surface area contributed by atoms with Gasteiger partial charge in [0.2, 0.25) is 0 Å². The number of nitrogens with zero attached hydrogens (tertiary/aromatic N) is 1. The molecule has 1 aromatic heterocycles. The fraction of sp³-hybridized carbons (Fsp3) is 0.400. The Morgan fingerprint density at radius 3 is 2.73 bits per heavy atom. The van der Waals surface area contributed by atoms with Crippen LogP contribution in [0.15, 0.2) is 24.3 Å². The van der Waals surface area contributed by atoms with Crippen molar-refractivity contribution >= 4 is 44.1 Å². The van der Waals surface area contributed by atoms with Gasteiger partial charge >= 0.3 is 6.03 Å². The highest BCUT2D eigenvalue weighted by molar-refractivity contribution is 7.23. The fourth-order valence-electron chi connectivity index (χ4n) is 2.25. The van der Waals surface area contributed by atoms with Crippen LogP contribution < -0.4 is 10.6 Å². The first-order chi connectivity index (χ1) is 10.3. The maximum Gasteiger partial charge on any atom is 0.319 e. The second-order valence-electron chi connectivity index (χ2n) is 5.78. The van der Waals surface area contributed by atoms with Gasteiger partial charge in [0, 0.05) is 23.2 Å². The summed E-state index contributed by atoms with van der Waals surface area (Å²) in [6.07, 6.45) is 0. The maximum atomic E-state index is 12.0. The normalized spacial score (nSPS) is 14.1. The van der Waals surface area contributed by atoms with Crippen molar-refractivity contribution in [2.75, 3.05) is 32.5 Å². The predicted molar refractivity (Wildman–Crippen MR) is 93.0 cm³/mol. The molecule has 1 heterocycles. The largest absolute Gasteiger partial charge is 0.387 e. The quantitative estimate of drug-likeness (QED) is 0.783. The first kappa shape index (κ1) is 17.0. The Labute approximate surface area is 138 Å². The molecule has 0 spiro atoms. The third-order valence-electron chi connectivity index (χ3n) is 3.05. The van der Waals surface area contributed by atoms with Crippen molar-refractivity contribution in [3.63, 3.8) is 0 Å². The molecule has 0 aliphatic carbocycles. The van der Waals surface area contributed by atoms with E-state index in [0.29, 0.717) is 16.6 Å². The Morgan fingerprint density at radius 1 is 1.41 bits per heavy atom. The number of nitrogens with one attached hydrogen (secondary N) is 2. The van der Waals surface area contributed by atoms with Crippen molar-refractivity contribution in [2.24, 2.45) is 0 Å². The van der Waals surface area contributed by atoms with Crippen LogP contribution in [-0.2, 0) is 0 Å². The van der Waals surface area contributed by atoms with Crippen LogP contribution in [0, 0.1) is 0 Å². The summed E-state index contributed by atoms with van der Waals surface area (Å²) in [7, 11) is 3.73. The molecule has 2 amide bonds. The number of carbonyl (C=O) groups is 1. The Kier molecular flexibility index (Phi) is 5.28. The molecule has 2 rings (SSSR count). The Balaban J connectivity index is 1.98. The van der Waals surface area contributed by atoms with Crippen molar-refractivity contribution in [1.29, 1.82) is 0 Å². The second kappa shape index (κ2) is 6.83. The SMILES string of the molecule is CN(C)CC(C)(O)CNC(=O)Nc1sc2ccccc2c1Cl. The summed E-state index contributed by atoms with van der Waals surface area (Å²) < 4.78 is 1.02. The molecule has 5 nitrogen and oxygen atoms in total. The van der Waals surface area contributed by atoms with Gasteiger partial charge in [-0.2, -0.15) is 0 Å². The van der Waals surface area contributed by atoms with E-state index in [1.165, 1.54) is 11.3 Å². The van der Waals surface area contributed by atoms with Crippen LogP contribution >= 0.6 is 22.9 Å². The number of amides is 2. The Bertz CT molecular complexity index is 670. The third-order valence-corrected chi connectivity index (χ3v) is 4.64. The van der Waals surface area contributed by atoms with E-state index in [1.54, 1.807) is 6.92 Å². The van der Waals surface area contributed by atoms with Crippen molar-refractivity contribution in [2.45, 2.75) is 12.5 Å². The molecule has 120 valence electrons. The van der Waals surface area contributed by atoms with E-state index in [2.05, 4.69) is 10.6 Å². The monoisotopic (exact) mass is 341 g/mol. The highest BCUT2D eigenvalue weighted by atomic mass is 35.5. The number of thiophene rings is 1. The lowest BCUT2D eigenvalue weighted by Crippen LogP contribution is -2.48. The van der Waals surface area contributed by atoms with Gasteiger partial charge < -0.3 is 15.3 Å². The van der Waals surface area contributed by atoms with E-state index in [0.717, 1.165) is 10.1 Å². The first-order valence-electron chi connectivity index (χ1n) is 6.87. The number of likely N-dealkylation sites (N-methyl/N-ethyl adjacent to an activating group) is 1. The van der Waals surface area contributed by atoms with Crippen LogP contribution in [0.3, 0.4) is 0 Å². The minimum atomic E-state index is -0.995. The highest BCUT2D eigenvalue weighted by Gasteiger charge is 2.22.